The highest BCUT2D eigenvalue weighted by atomic mass is 16.3. The fourth-order valence-electron chi connectivity index (χ4n) is 3.76. The molecular weight excluding hydrogens is 304 g/mol. The maximum Gasteiger partial charge on any atom is 0.254 e. The van der Waals surface area contributed by atoms with Gasteiger partial charge in [0.1, 0.15) is 0 Å². The molecule has 1 atom stereocenters. The molecule has 0 aromatic heterocycles. The number of rotatable bonds is 5. The van der Waals surface area contributed by atoms with Crippen LogP contribution in [-0.4, -0.2) is 47.6 Å². The van der Waals surface area contributed by atoms with Gasteiger partial charge in [-0.1, -0.05) is 37.5 Å². The van der Waals surface area contributed by atoms with Gasteiger partial charge in [0.2, 0.25) is 5.91 Å². The van der Waals surface area contributed by atoms with Crippen molar-refractivity contribution in [3.63, 3.8) is 0 Å². The summed E-state index contributed by atoms with van der Waals surface area (Å²) < 4.78 is 0. The third-order valence-corrected chi connectivity index (χ3v) is 5.22. The Morgan fingerprint density at radius 3 is 2.79 bits per heavy atom. The minimum absolute atomic E-state index is 0.0601. The molecule has 2 aliphatic rings. The summed E-state index contributed by atoms with van der Waals surface area (Å²) in [6.45, 7) is 0.904. The highest BCUT2D eigenvalue weighted by Gasteiger charge is 2.26. The Morgan fingerprint density at radius 2 is 2.00 bits per heavy atom. The summed E-state index contributed by atoms with van der Waals surface area (Å²) in [6.07, 6.45) is 5.95. The van der Waals surface area contributed by atoms with Gasteiger partial charge in [-0.05, 0) is 36.8 Å². The van der Waals surface area contributed by atoms with Crippen LogP contribution in [0.1, 0.15) is 48.0 Å². The molecule has 1 aromatic carbocycles. The Bertz CT molecular complexity index is 596. The maximum absolute atomic E-state index is 12.4. The van der Waals surface area contributed by atoms with E-state index >= 15 is 0 Å². The summed E-state index contributed by atoms with van der Waals surface area (Å²) in [5.41, 5.74) is 1.74. The number of amides is 2. The van der Waals surface area contributed by atoms with Crippen LogP contribution in [0.15, 0.2) is 24.3 Å². The van der Waals surface area contributed by atoms with Crippen molar-refractivity contribution in [3.8, 4) is 0 Å². The topological polar surface area (TPSA) is 69.6 Å². The summed E-state index contributed by atoms with van der Waals surface area (Å²) in [6, 6.07) is 7.56. The molecule has 0 radical (unpaired) electrons. The van der Waals surface area contributed by atoms with Crippen molar-refractivity contribution in [3.05, 3.63) is 35.4 Å². The summed E-state index contributed by atoms with van der Waals surface area (Å²) in [7, 11) is 0. The van der Waals surface area contributed by atoms with Crippen molar-refractivity contribution in [1.29, 1.82) is 0 Å². The molecule has 5 heteroatoms. The fourth-order valence-corrected chi connectivity index (χ4v) is 3.76. The highest BCUT2D eigenvalue weighted by Crippen LogP contribution is 2.26. The van der Waals surface area contributed by atoms with Crippen molar-refractivity contribution < 1.29 is 14.7 Å². The summed E-state index contributed by atoms with van der Waals surface area (Å²) in [5.74, 6) is 0.0139. The Morgan fingerprint density at radius 1 is 1.25 bits per heavy atom. The van der Waals surface area contributed by atoms with E-state index in [0.29, 0.717) is 18.0 Å². The first-order chi connectivity index (χ1) is 11.6. The normalized spacial score (nSPS) is 19.7. The molecule has 5 nitrogen and oxygen atoms in total. The lowest BCUT2D eigenvalue weighted by atomic mass is 9.85. The SMILES string of the molecule is O=C(CN1CCc2ccccc2C1=O)NC[C@H](O)C1CCCCC1. The van der Waals surface area contributed by atoms with E-state index in [1.807, 2.05) is 24.3 Å². The van der Waals surface area contributed by atoms with Crippen LogP contribution in [0, 0.1) is 5.92 Å². The number of carbonyl (C=O) groups excluding carboxylic acids is 2. The second kappa shape index (κ2) is 7.79. The van der Waals surface area contributed by atoms with Crippen LogP contribution < -0.4 is 5.32 Å². The molecule has 1 aliphatic carbocycles. The van der Waals surface area contributed by atoms with Crippen molar-refractivity contribution in [1.82, 2.24) is 10.2 Å². The van der Waals surface area contributed by atoms with Gasteiger partial charge in [-0.25, -0.2) is 0 Å². The molecule has 1 aliphatic heterocycles. The first-order valence-corrected chi connectivity index (χ1v) is 8.97. The average Bonchev–Trinajstić information content (AvgIpc) is 2.63. The van der Waals surface area contributed by atoms with Gasteiger partial charge < -0.3 is 15.3 Å². The first-order valence-electron chi connectivity index (χ1n) is 8.97. The molecule has 0 saturated heterocycles. The minimum atomic E-state index is -0.480. The number of nitrogens with zero attached hydrogens (tertiary/aromatic N) is 1. The third-order valence-electron chi connectivity index (χ3n) is 5.22. The second-order valence-electron chi connectivity index (χ2n) is 6.90. The first kappa shape index (κ1) is 17.0. The van der Waals surface area contributed by atoms with Crippen LogP contribution in [0.3, 0.4) is 0 Å². The number of hydrogen-bond acceptors (Lipinski definition) is 3. The van der Waals surface area contributed by atoms with Crippen LogP contribution in [0.4, 0.5) is 0 Å². The fraction of sp³-hybridized carbons (Fsp3) is 0.579. The Kier molecular flexibility index (Phi) is 5.51. The maximum atomic E-state index is 12.4. The number of aliphatic hydroxyl groups excluding tert-OH is 1. The van der Waals surface area contributed by atoms with Gasteiger partial charge in [-0.15, -0.1) is 0 Å². The third kappa shape index (κ3) is 3.96. The van der Waals surface area contributed by atoms with Gasteiger partial charge in [0.15, 0.2) is 0 Å². The van der Waals surface area contributed by atoms with Gasteiger partial charge >= 0.3 is 0 Å². The van der Waals surface area contributed by atoms with Gasteiger partial charge in [-0.2, -0.15) is 0 Å². The Labute approximate surface area is 143 Å². The summed E-state index contributed by atoms with van der Waals surface area (Å²) in [4.78, 5) is 26.2. The number of hydrogen-bond donors (Lipinski definition) is 2. The average molecular weight is 330 g/mol. The molecule has 0 spiro atoms. The van der Waals surface area contributed by atoms with E-state index in [9.17, 15) is 14.7 Å². The van der Waals surface area contributed by atoms with Crippen molar-refractivity contribution in [2.24, 2.45) is 5.92 Å². The number of benzene rings is 1. The van der Waals surface area contributed by atoms with Crippen LogP contribution in [0.2, 0.25) is 0 Å². The monoisotopic (exact) mass is 330 g/mol. The number of fused-ring (bicyclic) bond motifs is 1. The van der Waals surface area contributed by atoms with E-state index in [0.717, 1.165) is 37.7 Å². The van der Waals surface area contributed by atoms with Crippen LogP contribution in [-0.2, 0) is 11.2 Å². The highest BCUT2D eigenvalue weighted by molar-refractivity contribution is 5.98. The molecular formula is C19H26N2O3. The van der Waals surface area contributed by atoms with Crippen LogP contribution >= 0.6 is 0 Å². The predicted molar refractivity (Wildman–Crippen MR) is 91.6 cm³/mol. The van der Waals surface area contributed by atoms with Gasteiger partial charge in [-0.3, -0.25) is 9.59 Å². The van der Waals surface area contributed by atoms with Crippen LogP contribution in [0.5, 0.6) is 0 Å². The summed E-state index contributed by atoms with van der Waals surface area (Å²) in [5, 5.41) is 13.0. The molecule has 1 saturated carbocycles. The minimum Gasteiger partial charge on any atom is -0.391 e. The molecule has 0 bridgehead atoms. The van der Waals surface area contributed by atoms with Crippen molar-refractivity contribution in [2.75, 3.05) is 19.6 Å². The second-order valence-corrected chi connectivity index (χ2v) is 6.90. The molecule has 1 aromatic rings. The zero-order valence-electron chi connectivity index (χ0n) is 14.0. The van der Waals surface area contributed by atoms with Gasteiger partial charge in [0, 0.05) is 18.7 Å². The van der Waals surface area contributed by atoms with Crippen molar-refractivity contribution in [2.45, 2.75) is 44.6 Å². The van der Waals surface area contributed by atoms with E-state index < -0.39 is 6.10 Å². The van der Waals surface area contributed by atoms with E-state index in [-0.39, 0.29) is 24.9 Å². The summed E-state index contributed by atoms with van der Waals surface area (Å²) >= 11 is 0. The number of nitrogens with one attached hydrogen (secondary N) is 1. The molecule has 130 valence electrons. The standard InChI is InChI=1S/C19H26N2O3/c22-17(15-7-2-1-3-8-15)12-20-18(23)13-21-11-10-14-6-4-5-9-16(14)19(21)24/h4-6,9,15,17,22H,1-3,7-8,10-13H2,(H,20,23)/t17-/m0/s1. The molecule has 1 heterocycles. The Hall–Kier alpha value is -1.88. The molecule has 2 N–H and O–H groups in total. The predicted octanol–water partition coefficient (Wildman–Crippen LogP) is 1.74. The van der Waals surface area contributed by atoms with Crippen molar-refractivity contribution >= 4 is 11.8 Å². The molecule has 0 unspecified atom stereocenters. The van der Waals surface area contributed by atoms with Crippen LogP contribution in [0.25, 0.3) is 0 Å². The number of aliphatic hydroxyl groups is 1. The van der Waals surface area contributed by atoms with Gasteiger partial charge in [0.25, 0.3) is 5.91 Å². The molecule has 24 heavy (non-hydrogen) atoms. The lowest BCUT2D eigenvalue weighted by Crippen LogP contribution is -2.46. The quantitative estimate of drug-likeness (QED) is 0.864. The molecule has 1 fully saturated rings. The Balaban J connectivity index is 1.48. The molecule has 3 rings (SSSR count). The largest absolute Gasteiger partial charge is 0.391 e. The smallest absolute Gasteiger partial charge is 0.254 e. The van der Waals surface area contributed by atoms with E-state index in [1.165, 1.54) is 6.42 Å². The lowest BCUT2D eigenvalue weighted by molar-refractivity contribution is -0.122. The zero-order chi connectivity index (χ0) is 16.9. The van der Waals surface area contributed by atoms with E-state index in [1.54, 1.807) is 4.90 Å². The van der Waals surface area contributed by atoms with Gasteiger partial charge in [0.05, 0.1) is 12.6 Å². The zero-order valence-corrected chi connectivity index (χ0v) is 14.0. The molecule has 2 amide bonds. The van der Waals surface area contributed by atoms with E-state index in [2.05, 4.69) is 5.32 Å². The van der Waals surface area contributed by atoms with E-state index in [4.69, 9.17) is 0 Å². The number of carbonyl (C=O) groups is 2. The lowest BCUT2D eigenvalue weighted by Gasteiger charge is -2.29.